The third kappa shape index (κ3) is 7.45. The molecule has 0 aliphatic carbocycles. The normalized spacial score (nSPS) is 14.6. The fraction of sp³-hybridized carbons (Fsp3) is 0.407. The summed E-state index contributed by atoms with van der Waals surface area (Å²) < 4.78 is 21.9. The van der Waals surface area contributed by atoms with E-state index in [4.69, 9.17) is 28.5 Å². The molecule has 0 saturated carbocycles. The Morgan fingerprint density at radius 1 is 1.05 bits per heavy atom. The summed E-state index contributed by atoms with van der Waals surface area (Å²) in [6.45, 7) is 4.75. The van der Waals surface area contributed by atoms with E-state index in [1.54, 1.807) is 31.2 Å². The Morgan fingerprint density at radius 2 is 1.74 bits per heavy atom. The zero-order chi connectivity index (χ0) is 29.0. The number of ether oxygens (including phenoxy) is 2. The maximum absolute atomic E-state index is 12.4. The number of carbonyl (C=O) groups excluding carboxylic acids is 1. The number of hydrogen-bond donors (Lipinski definition) is 4. The first-order valence-corrected chi connectivity index (χ1v) is 12.0. The summed E-state index contributed by atoms with van der Waals surface area (Å²) in [5.41, 5.74) is -3.24. The second-order valence-electron chi connectivity index (χ2n) is 9.82. The van der Waals surface area contributed by atoms with Crippen molar-refractivity contribution in [2.75, 3.05) is 6.61 Å². The first-order valence-electron chi connectivity index (χ1n) is 12.0. The number of aliphatic hydroxyl groups is 2. The maximum Gasteiger partial charge on any atom is 0.336 e. The molecule has 3 rings (SSSR count). The van der Waals surface area contributed by atoms with E-state index in [0.717, 1.165) is 5.57 Å². The monoisotopic (exact) mass is 546 g/mol. The van der Waals surface area contributed by atoms with E-state index in [2.05, 4.69) is 0 Å². The number of rotatable bonds is 13. The van der Waals surface area contributed by atoms with Crippen molar-refractivity contribution in [2.24, 2.45) is 0 Å². The molecule has 0 aliphatic heterocycles. The number of benzene rings is 1. The lowest BCUT2D eigenvalue weighted by Gasteiger charge is -2.30. The molecule has 0 fully saturated rings. The molecule has 1 aromatic carbocycles. The van der Waals surface area contributed by atoms with Gasteiger partial charge in [-0.25, -0.2) is 9.59 Å². The SMILES string of the molecule is C/C(=C/COc1c2ccoc2cc2oc(=O)ccc12)CC[C@@H](OC(=O)C[C@@](O)(CC(=O)O)C(=O)O)C(C)(C)O. The van der Waals surface area contributed by atoms with Gasteiger partial charge in [-0.05, 0) is 51.8 Å². The molecule has 4 N–H and O–H groups in total. The second kappa shape index (κ2) is 11.7. The number of aliphatic carboxylic acids is 2. The van der Waals surface area contributed by atoms with Crippen molar-refractivity contribution in [1.82, 2.24) is 0 Å². The Morgan fingerprint density at radius 3 is 2.38 bits per heavy atom. The van der Waals surface area contributed by atoms with E-state index in [0.29, 0.717) is 34.1 Å². The average molecular weight is 547 g/mol. The lowest BCUT2D eigenvalue weighted by Crippen LogP contribution is -2.45. The van der Waals surface area contributed by atoms with E-state index < -0.39 is 53.7 Å². The molecule has 0 aliphatic rings. The summed E-state index contributed by atoms with van der Waals surface area (Å²) in [6, 6.07) is 6.23. The van der Waals surface area contributed by atoms with Gasteiger partial charge in [0, 0.05) is 12.1 Å². The van der Waals surface area contributed by atoms with Crippen LogP contribution in [0.15, 0.2) is 55.8 Å². The van der Waals surface area contributed by atoms with Gasteiger partial charge in [-0.15, -0.1) is 0 Å². The van der Waals surface area contributed by atoms with Gasteiger partial charge < -0.3 is 38.7 Å². The summed E-state index contributed by atoms with van der Waals surface area (Å²) >= 11 is 0. The van der Waals surface area contributed by atoms with Crippen molar-refractivity contribution < 1.29 is 53.1 Å². The van der Waals surface area contributed by atoms with Crippen LogP contribution in [0.25, 0.3) is 21.9 Å². The molecule has 12 heteroatoms. The Bertz CT molecular complexity index is 1450. The fourth-order valence-electron chi connectivity index (χ4n) is 3.95. The van der Waals surface area contributed by atoms with Crippen LogP contribution in [-0.4, -0.2) is 62.2 Å². The molecule has 39 heavy (non-hydrogen) atoms. The standard InChI is InChI=1S/C27H30O12/c1-15(4-6-20(26(2,3)34)39-23(31)14-27(35,25(32)33)13-21(28)29)8-10-37-24-16-5-7-22(30)38-19(16)12-18-17(24)9-11-36-18/h5,7-9,11-12,20,34-35H,4,6,10,13-14H2,1-3H3,(H,28,29)(H,32,33)/b15-8-/t20-,27+/m1/s1. The summed E-state index contributed by atoms with van der Waals surface area (Å²) in [7, 11) is 0. The van der Waals surface area contributed by atoms with Gasteiger partial charge in [0.05, 0.1) is 35.5 Å². The fourth-order valence-corrected chi connectivity index (χ4v) is 3.95. The van der Waals surface area contributed by atoms with E-state index in [9.17, 15) is 29.4 Å². The highest BCUT2D eigenvalue weighted by molar-refractivity contribution is 6.01. The zero-order valence-electron chi connectivity index (χ0n) is 21.6. The first kappa shape index (κ1) is 29.4. The van der Waals surface area contributed by atoms with Crippen LogP contribution in [0.2, 0.25) is 0 Å². The van der Waals surface area contributed by atoms with Gasteiger partial charge in [0.1, 0.15) is 29.6 Å². The summed E-state index contributed by atoms with van der Waals surface area (Å²) in [5.74, 6) is -4.16. The third-order valence-corrected chi connectivity index (χ3v) is 6.11. The molecule has 2 heterocycles. The van der Waals surface area contributed by atoms with Crippen molar-refractivity contribution in [3.8, 4) is 5.75 Å². The number of hydrogen-bond acceptors (Lipinski definition) is 10. The highest BCUT2D eigenvalue weighted by atomic mass is 16.6. The molecule has 0 spiro atoms. The van der Waals surface area contributed by atoms with E-state index in [1.807, 2.05) is 0 Å². The van der Waals surface area contributed by atoms with E-state index >= 15 is 0 Å². The van der Waals surface area contributed by atoms with Gasteiger partial charge in [0.25, 0.3) is 0 Å². The number of carboxylic acid groups (broad SMARTS) is 2. The van der Waals surface area contributed by atoms with Crippen molar-refractivity contribution in [3.05, 3.63) is 52.6 Å². The molecule has 12 nitrogen and oxygen atoms in total. The van der Waals surface area contributed by atoms with Crippen LogP contribution in [0.5, 0.6) is 5.75 Å². The molecular formula is C27H30O12. The Kier molecular flexibility index (Phi) is 8.82. The first-order chi connectivity index (χ1) is 18.2. The molecule has 0 unspecified atom stereocenters. The molecule has 0 bridgehead atoms. The van der Waals surface area contributed by atoms with Gasteiger partial charge >= 0.3 is 23.5 Å². The van der Waals surface area contributed by atoms with Gasteiger partial charge in [0.2, 0.25) is 0 Å². The Hall–Kier alpha value is -4.16. The second-order valence-corrected chi connectivity index (χ2v) is 9.82. The molecule has 210 valence electrons. The van der Waals surface area contributed by atoms with Gasteiger partial charge in [-0.2, -0.15) is 0 Å². The predicted octanol–water partition coefficient (Wildman–Crippen LogP) is 3.01. The van der Waals surface area contributed by atoms with Crippen molar-refractivity contribution in [1.29, 1.82) is 0 Å². The van der Waals surface area contributed by atoms with Gasteiger partial charge in [-0.3, -0.25) is 9.59 Å². The van der Waals surface area contributed by atoms with Gasteiger partial charge in [-0.1, -0.05) is 5.57 Å². The summed E-state index contributed by atoms with van der Waals surface area (Å²) in [6.07, 6.45) is 0.402. The third-order valence-electron chi connectivity index (χ3n) is 6.11. The van der Waals surface area contributed by atoms with E-state index in [-0.39, 0.29) is 13.0 Å². The smallest absolute Gasteiger partial charge is 0.336 e. The number of carboxylic acids is 2. The van der Waals surface area contributed by atoms with Crippen LogP contribution in [0.4, 0.5) is 0 Å². The molecule has 0 saturated heterocycles. The lowest BCUT2D eigenvalue weighted by atomic mass is 9.94. The lowest BCUT2D eigenvalue weighted by molar-refractivity contribution is -0.178. The van der Waals surface area contributed by atoms with Crippen LogP contribution >= 0.6 is 0 Å². The van der Waals surface area contributed by atoms with Crippen LogP contribution in [0.3, 0.4) is 0 Å². The largest absolute Gasteiger partial charge is 0.488 e. The van der Waals surface area contributed by atoms with Gasteiger partial charge in [0.15, 0.2) is 5.60 Å². The van der Waals surface area contributed by atoms with Crippen LogP contribution in [0, 0.1) is 0 Å². The highest BCUT2D eigenvalue weighted by Gasteiger charge is 2.42. The number of fused-ring (bicyclic) bond motifs is 2. The predicted molar refractivity (Wildman–Crippen MR) is 136 cm³/mol. The van der Waals surface area contributed by atoms with Crippen molar-refractivity contribution in [3.63, 3.8) is 0 Å². The number of furan rings is 1. The maximum atomic E-state index is 12.4. The summed E-state index contributed by atoms with van der Waals surface area (Å²) in [4.78, 5) is 46.2. The average Bonchev–Trinajstić information content (AvgIpc) is 3.28. The molecule has 3 aromatic rings. The molecule has 0 radical (unpaired) electrons. The summed E-state index contributed by atoms with van der Waals surface area (Å²) in [5, 5.41) is 39.9. The molecule has 2 aromatic heterocycles. The zero-order valence-corrected chi connectivity index (χ0v) is 21.6. The van der Waals surface area contributed by atoms with Crippen LogP contribution in [0.1, 0.15) is 46.5 Å². The molecule has 0 amide bonds. The number of carbonyl (C=O) groups is 3. The van der Waals surface area contributed by atoms with Crippen LogP contribution < -0.4 is 10.4 Å². The number of allylic oxidation sites excluding steroid dienone is 1. The van der Waals surface area contributed by atoms with E-state index in [1.165, 1.54) is 26.2 Å². The van der Waals surface area contributed by atoms with Crippen LogP contribution in [-0.2, 0) is 19.1 Å². The minimum Gasteiger partial charge on any atom is -0.488 e. The topological polar surface area (TPSA) is 194 Å². The highest BCUT2D eigenvalue weighted by Crippen LogP contribution is 2.35. The Balaban J connectivity index is 1.66. The quantitative estimate of drug-likeness (QED) is 0.139. The minimum atomic E-state index is -2.84. The minimum absolute atomic E-state index is 0.137. The molecule has 2 atom stereocenters. The molecular weight excluding hydrogens is 516 g/mol. The van der Waals surface area contributed by atoms with Crippen molar-refractivity contribution >= 4 is 39.8 Å². The number of esters is 1. The van der Waals surface area contributed by atoms with Crippen molar-refractivity contribution in [2.45, 2.75) is 63.8 Å². The Labute approximate surface area is 222 Å².